The first kappa shape index (κ1) is 19.4. The predicted octanol–water partition coefficient (Wildman–Crippen LogP) is 4.96. The summed E-state index contributed by atoms with van der Waals surface area (Å²) in [5.41, 5.74) is 2.98. The fraction of sp³-hybridized carbons (Fsp3) is 0.217. The summed E-state index contributed by atoms with van der Waals surface area (Å²) in [6, 6.07) is 21.6. The van der Waals surface area contributed by atoms with Crippen molar-refractivity contribution in [1.82, 2.24) is 4.98 Å². The lowest BCUT2D eigenvalue weighted by atomic mass is 10.2. The first-order chi connectivity index (χ1) is 13.7. The van der Waals surface area contributed by atoms with E-state index >= 15 is 0 Å². The standard InChI is InChI=1S/C23H25N3O2/c1-3-26(20-9-7-8-18(2)16-20)22-13-12-19(17-24-22)25-23(27)14-15-28-21-10-5-4-6-11-21/h4-13,16-17H,3,14-15H2,1-2H3,(H,25,27). The van der Waals surface area contributed by atoms with Gasteiger partial charge in [0.25, 0.3) is 0 Å². The van der Waals surface area contributed by atoms with Crippen LogP contribution in [0.15, 0.2) is 72.9 Å². The number of aromatic nitrogens is 1. The van der Waals surface area contributed by atoms with E-state index in [0.717, 1.165) is 23.8 Å². The molecule has 28 heavy (non-hydrogen) atoms. The highest BCUT2D eigenvalue weighted by atomic mass is 16.5. The van der Waals surface area contributed by atoms with Gasteiger partial charge < -0.3 is 15.0 Å². The summed E-state index contributed by atoms with van der Waals surface area (Å²) in [6.07, 6.45) is 1.96. The van der Waals surface area contributed by atoms with E-state index in [-0.39, 0.29) is 12.3 Å². The fourth-order valence-corrected chi connectivity index (χ4v) is 2.89. The van der Waals surface area contributed by atoms with E-state index in [1.807, 2.05) is 48.5 Å². The van der Waals surface area contributed by atoms with E-state index in [2.05, 4.69) is 47.2 Å². The van der Waals surface area contributed by atoms with Gasteiger partial charge in [-0.1, -0.05) is 30.3 Å². The molecule has 144 valence electrons. The number of hydrogen-bond donors (Lipinski definition) is 1. The highest BCUT2D eigenvalue weighted by Gasteiger charge is 2.09. The van der Waals surface area contributed by atoms with Crippen LogP contribution in [-0.4, -0.2) is 24.0 Å². The zero-order valence-corrected chi connectivity index (χ0v) is 16.3. The van der Waals surface area contributed by atoms with E-state index in [4.69, 9.17) is 4.74 Å². The molecule has 0 saturated carbocycles. The van der Waals surface area contributed by atoms with Gasteiger partial charge in [0.15, 0.2) is 0 Å². The Kier molecular flexibility index (Phi) is 6.63. The molecule has 0 unspecified atom stereocenters. The van der Waals surface area contributed by atoms with Crippen molar-refractivity contribution in [2.45, 2.75) is 20.3 Å². The number of pyridine rings is 1. The van der Waals surface area contributed by atoms with E-state index in [1.165, 1.54) is 5.56 Å². The summed E-state index contributed by atoms with van der Waals surface area (Å²) in [4.78, 5) is 18.8. The van der Waals surface area contributed by atoms with Crippen LogP contribution in [0.5, 0.6) is 5.75 Å². The van der Waals surface area contributed by atoms with Crippen molar-refractivity contribution in [3.05, 3.63) is 78.5 Å². The number of anilines is 3. The van der Waals surface area contributed by atoms with Crippen molar-refractivity contribution >= 4 is 23.1 Å². The van der Waals surface area contributed by atoms with Gasteiger partial charge in [0, 0.05) is 12.2 Å². The van der Waals surface area contributed by atoms with Crippen LogP contribution >= 0.6 is 0 Å². The second-order valence-corrected chi connectivity index (χ2v) is 6.45. The highest BCUT2D eigenvalue weighted by molar-refractivity contribution is 5.90. The average Bonchev–Trinajstić information content (AvgIpc) is 2.71. The van der Waals surface area contributed by atoms with Gasteiger partial charge in [0.1, 0.15) is 11.6 Å². The van der Waals surface area contributed by atoms with Gasteiger partial charge in [-0.25, -0.2) is 4.98 Å². The molecule has 0 aliphatic rings. The third kappa shape index (κ3) is 5.33. The molecule has 0 radical (unpaired) electrons. The van der Waals surface area contributed by atoms with Gasteiger partial charge in [-0.3, -0.25) is 4.79 Å². The quantitative estimate of drug-likeness (QED) is 0.605. The first-order valence-corrected chi connectivity index (χ1v) is 9.43. The molecule has 3 aromatic rings. The Morgan fingerprint density at radius 3 is 2.57 bits per heavy atom. The number of nitrogens with one attached hydrogen (secondary N) is 1. The normalized spacial score (nSPS) is 10.4. The third-order valence-electron chi connectivity index (χ3n) is 4.28. The maximum absolute atomic E-state index is 12.1. The Labute approximate surface area is 166 Å². The molecule has 5 nitrogen and oxygen atoms in total. The first-order valence-electron chi connectivity index (χ1n) is 9.43. The highest BCUT2D eigenvalue weighted by Crippen LogP contribution is 2.24. The van der Waals surface area contributed by atoms with Crippen LogP contribution in [0.2, 0.25) is 0 Å². The average molecular weight is 375 g/mol. The van der Waals surface area contributed by atoms with E-state index in [9.17, 15) is 4.79 Å². The number of aryl methyl sites for hydroxylation is 1. The molecule has 0 spiro atoms. The zero-order valence-electron chi connectivity index (χ0n) is 16.3. The Bertz CT molecular complexity index is 895. The molecule has 1 N–H and O–H groups in total. The Morgan fingerprint density at radius 1 is 1.07 bits per heavy atom. The van der Waals surface area contributed by atoms with Crippen molar-refractivity contribution < 1.29 is 9.53 Å². The smallest absolute Gasteiger partial charge is 0.227 e. The van der Waals surface area contributed by atoms with E-state index in [0.29, 0.717) is 12.3 Å². The number of rotatable bonds is 8. The monoisotopic (exact) mass is 375 g/mol. The summed E-state index contributed by atoms with van der Waals surface area (Å²) in [7, 11) is 0. The fourth-order valence-electron chi connectivity index (χ4n) is 2.89. The molecule has 0 saturated heterocycles. The SMILES string of the molecule is CCN(c1cccc(C)c1)c1ccc(NC(=O)CCOc2ccccc2)cn1. The maximum atomic E-state index is 12.1. The number of nitrogens with zero attached hydrogens (tertiary/aromatic N) is 2. The van der Waals surface area contributed by atoms with Crippen molar-refractivity contribution in [2.24, 2.45) is 0 Å². The molecule has 0 atom stereocenters. The van der Waals surface area contributed by atoms with Gasteiger partial charge in [0.05, 0.1) is 24.9 Å². The van der Waals surface area contributed by atoms with Crippen LogP contribution in [0.4, 0.5) is 17.2 Å². The molecule has 0 aliphatic carbocycles. The van der Waals surface area contributed by atoms with Crippen LogP contribution in [0.1, 0.15) is 18.9 Å². The van der Waals surface area contributed by atoms with Crippen molar-refractivity contribution in [2.75, 3.05) is 23.4 Å². The van der Waals surface area contributed by atoms with Crippen LogP contribution in [0, 0.1) is 6.92 Å². The summed E-state index contributed by atoms with van der Waals surface area (Å²) < 4.78 is 5.55. The number of ether oxygens (including phenoxy) is 1. The number of benzene rings is 2. The van der Waals surface area contributed by atoms with Gasteiger partial charge in [0.2, 0.25) is 5.91 Å². The minimum absolute atomic E-state index is 0.100. The number of carbonyl (C=O) groups excluding carboxylic acids is 1. The van der Waals surface area contributed by atoms with Crippen molar-refractivity contribution in [1.29, 1.82) is 0 Å². The molecule has 1 aromatic heterocycles. The zero-order chi connectivity index (χ0) is 19.8. The Hall–Kier alpha value is -3.34. The number of amides is 1. The molecule has 1 heterocycles. The van der Waals surface area contributed by atoms with Crippen LogP contribution in [-0.2, 0) is 4.79 Å². The molecule has 3 rings (SSSR count). The Balaban J connectivity index is 1.55. The molecule has 0 fully saturated rings. The summed E-state index contributed by atoms with van der Waals surface area (Å²) in [5, 5.41) is 2.86. The van der Waals surface area contributed by atoms with Gasteiger partial charge in [-0.05, 0) is 55.8 Å². The largest absolute Gasteiger partial charge is 0.493 e. The summed E-state index contributed by atoms with van der Waals surface area (Å²) in [6.45, 7) is 5.30. The second-order valence-electron chi connectivity index (χ2n) is 6.45. The predicted molar refractivity (Wildman–Crippen MR) is 113 cm³/mol. The number of para-hydroxylation sites is 1. The molecule has 1 amide bonds. The topological polar surface area (TPSA) is 54.5 Å². The Morgan fingerprint density at radius 2 is 1.89 bits per heavy atom. The maximum Gasteiger partial charge on any atom is 0.227 e. The summed E-state index contributed by atoms with van der Waals surface area (Å²) >= 11 is 0. The van der Waals surface area contributed by atoms with Crippen molar-refractivity contribution in [3.63, 3.8) is 0 Å². The van der Waals surface area contributed by atoms with E-state index in [1.54, 1.807) is 6.20 Å². The minimum Gasteiger partial charge on any atom is -0.493 e. The third-order valence-corrected chi connectivity index (χ3v) is 4.28. The van der Waals surface area contributed by atoms with Crippen LogP contribution < -0.4 is 15.0 Å². The van der Waals surface area contributed by atoms with E-state index < -0.39 is 0 Å². The second kappa shape index (κ2) is 9.55. The lowest BCUT2D eigenvalue weighted by molar-refractivity contribution is -0.116. The lowest BCUT2D eigenvalue weighted by Crippen LogP contribution is -2.18. The molecular formula is C23H25N3O2. The molecule has 5 heteroatoms. The molecule has 0 bridgehead atoms. The molecular weight excluding hydrogens is 350 g/mol. The van der Waals surface area contributed by atoms with Crippen LogP contribution in [0.25, 0.3) is 0 Å². The molecule has 0 aliphatic heterocycles. The van der Waals surface area contributed by atoms with Crippen molar-refractivity contribution in [3.8, 4) is 5.75 Å². The number of hydrogen-bond acceptors (Lipinski definition) is 4. The summed E-state index contributed by atoms with van der Waals surface area (Å²) in [5.74, 6) is 1.51. The van der Waals surface area contributed by atoms with Gasteiger partial charge in [-0.2, -0.15) is 0 Å². The number of carbonyl (C=O) groups is 1. The van der Waals surface area contributed by atoms with Gasteiger partial charge in [-0.15, -0.1) is 0 Å². The van der Waals surface area contributed by atoms with Crippen LogP contribution in [0.3, 0.4) is 0 Å². The lowest BCUT2D eigenvalue weighted by Gasteiger charge is -2.22. The molecule has 2 aromatic carbocycles. The minimum atomic E-state index is -0.100. The van der Waals surface area contributed by atoms with Gasteiger partial charge >= 0.3 is 0 Å².